The van der Waals surface area contributed by atoms with Crippen LogP contribution in [0.2, 0.25) is 0 Å². The van der Waals surface area contributed by atoms with Crippen molar-refractivity contribution in [1.82, 2.24) is 9.78 Å². The van der Waals surface area contributed by atoms with Gasteiger partial charge >= 0.3 is 0 Å². The molecule has 1 heterocycles. The average Bonchev–Trinajstić information content (AvgIpc) is 2.88. The Kier molecular flexibility index (Phi) is 6.04. The normalized spacial score (nSPS) is 10.7. The van der Waals surface area contributed by atoms with Gasteiger partial charge in [-0.15, -0.1) is 0 Å². The first-order chi connectivity index (χ1) is 16.7. The number of nitrogens with zero attached hydrogens (tertiary/aromatic N) is 2. The highest BCUT2D eigenvalue weighted by Gasteiger charge is 2.16. The van der Waals surface area contributed by atoms with Crippen LogP contribution in [0.1, 0.15) is 11.1 Å². The van der Waals surface area contributed by atoms with Gasteiger partial charge in [-0.05, 0) is 47.4 Å². The van der Waals surface area contributed by atoms with Gasteiger partial charge in [-0.1, -0.05) is 84.9 Å². The van der Waals surface area contributed by atoms with Crippen molar-refractivity contribution in [3.8, 4) is 33.9 Å². The van der Waals surface area contributed by atoms with E-state index in [4.69, 9.17) is 4.74 Å². The lowest BCUT2D eigenvalue weighted by molar-refractivity contribution is 0.484. The lowest BCUT2D eigenvalue weighted by Gasteiger charge is -2.15. The van der Waals surface area contributed by atoms with Gasteiger partial charge in [-0.2, -0.15) is 5.10 Å². The Morgan fingerprint density at radius 3 is 2.06 bits per heavy atom. The van der Waals surface area contributed by atoms with Gasteiger partial charge in [0.1, 0.15) is 17.2 Å². The van der Waals surface area contributed by atoms with Gasteiger partial charge in [-0.25, -0.2) is 4.68 Å². The zero-order chi connectivity index (χ0) is 23.3. The molecule has 0 radical (unpaired) electrons. The molecular formula is C30H24N2O2. The second kappa shape index (κ2) is 9.59. The van der Waals surface area contributed by atoms with Gasteiger partial charge in [-0.3, -0.25) is 4.79 Å². The Morgan fingerprint density at radius 2 is 1.32 bits per heavy atom. The highest BCUT2D eigenvalue weighted by Crippen LogP contribution is 2.37. The summed E-state index contributed by atoms with van der Waals surface area (Å²) in [6, 6.07) is 37.8. The van der Waals surface area contributed by atoms with Crippen LogP contribution in [0, 0.1) is 0 Å². The highest BCUT2D eigenvalue weighted by molar-refractivity contribution is 5.83. The van der Waals surface area contributed by atoms with Gasteiger partial charge in [0.2, 0.25) is 0 Å². The summed E-state index contributed by atoms with van der Waals surface area (Å²) in [5.74, 6) is 1.42. The SMILES string of the molecule is Cn1nc(-c2ccccc2Oc2ccccc2)c(-c2ccc(Cc3ccccc3)cc2)cc1=O. The first-order valence-corrected chi connectivity index (χ1v) is 11.2. The van der Waals surface area contributed by atoms with Crippen molar-refractivity contribution < 1.29 is 4.74 Å². The van der Waals surface area contributed by atoms with E-state index in [2.05, 4.69) is 53.6 Å². The number of hydrogen-bond donors (Lipinski definition) is 0. The van der Waals surface area contributed by atoms with E-state index in [1.807, 2.05) is 60.7 Å². The van der Waals surface area contributed by atoms with E-state index in [1.165, 1.54) is 15.8 Å². The van der Waals surface area contributed by atoms with Gasteiger partial charge in [0, 0.05) is 24.2 Å². The van der Waals surface area contributed by atoms with Crippen LogP contribution in [-0.2, 0) is 13.5 Å². The first kappa shape index (κ1) is 21.4. The number of ether oxygens (including phenoxy) is 1. The molecular weight excluding hydrogens is 420 g/mol. The maximum atomic E-state index is 12.5. The summed E-state index contributed by atoms with van der Waals surface area (Å²) in [7, 11) is 1.67. The topological polar surface area (TPSA) is 44.1 Å². The maximum absolute atomic E-state index is 12.5. The summed E-state index contributed by atoms with van der Waals surface area (Å²) in [6.07, 6.45) is 0.858. The second-order valence-corrected chi connectivity index (χ2v) is 8.14. The molecule has 0 unspecified atom stereocenters. The smallest absolute Gasteiger partial charge is 0.267 e. The lowest BCUT2D eigenvalue weighted by atomic mass is 9.97. The Bertz CT molecular complexity index is 1460. The Labute approximate surface area is 198 Å². The molecule has 0 amide bonds. The van der Waals surface area contributed by atoms with Crippen molar-refractivity contribution in [1.29, 1.82) is 0 Å². The van der Waals surface area contributed by atoms with Crippen molar-refractivity contribution in [2.75, 3.05) is 0 Å². The van der Waals surface area contributed by atoms with Crippen LogP contribution in [-0.4, -0.2) is 9.78 Å². The standard InChI is InChI=1S/C30H24N2O2/c1-32-29(33)21-27(24-18-16-23(17-19-24)20-22-10-4-2-5-11-22)30(31-32)26-14-8-9-15-28(26)34-25-12-6-3-7-13-25/h2-19,21H,20H2,1H3. The fraction of sp³-hybridized carbons (Fsp3) is 0.0667. The molecule has 0 saturated heterocycles. The molecule has 0 saturated carbocycles. The van der Waals surface area contributed by atoms with Crippen LogP contribution in [0.4, 0.5) is 0 Å². The molecule has 0 fully saturated rings. The van der Waals surface area contributed by atoms with E-state index < -0.39 is 0 Å². The zero-order valence-corrected chi connectivity index (χ0v) is 18.9. The Morgan fingerprint density at radius 1 is 0.706 bits per heavy atom. The van der Waals surface area contributed by atoms with Crippen molar-refractivity contribution >= 4 is 0 Å². The monoisotopic (exact) mass is 444 g/mol. The molecule has 4 heteroatoms. The highest BCUT2D eigenvalue weighted by atomic mass is 16.5. The van der Waals surface area contributed by atoms with E-state index >= 15 is 0 Å². The molecule has 1 aromatic heterocycles. The largest absolute Gasteiger partial charge is 0.457 e. The molecule has 0 N–H and O–H groups in total. The minimum absolute atomic E-state index is 0.159. The molecule has 4 nitrogen and oxygen atoms in total. The first-order valence-electron chi connectivity index (χ1n) is 11.2. The molecule has 5 aromatic rings. The Balaban J connectivity index is 1.55. The summed E-state index contributed by atoms with van der Waals surface area (Å²) in [5, 5.41) is 4.64. The van der Waals surface area contributed by atoms with Crippen LogP contribution >= 0.6 is 0 Å². The van der Waals surface area contributed by atoms with Gasteiger partial charge in [0.05, 0.1) is 0 Å². The molecule has 0 aliphatic carbocycles. The van der Waals surface area contributed by atoms with Crippen LogP contribution in [0.15, 0.2) is 120 Å². The van der Waals surface area contributed by atoms with Crippen LogP contribution < -0.4 is 10.3 Å². The molecule has 0 atom stereocenters. The molecule has 34 heavy (non-hydrogen) atoms. The molecule has 0 bridgehead atoms. The van der Waals surface area contributed by atoms with E-state index in [0.717, 1.165) is 28.9 Å². The quantitative estimate of drug-likeness (QED) is 0.300. The summed E-state index contributed by atoms with van der Waals surface area (Å²) >= 11 is 0. The number of benzene rings is 4. The maximum Gasteiger partial charge on any atom is 0.267 e. The van der Waals surface area contributed by atoms with Gasteiger partial charge in [0.25, 0.3) is 5.56 Å². The van der Waals surface area contributed by atoms with E-state index in [-0.39, 0.29) is 5.56 Å². The molecule has 5 rings (SSSR count). The fourth-order valence-electron chi connectivity index (χ4n) is 3.96. The molecule has 0 aliphatic rings. The molecule has 166 valence electrons. The molecule has 0 aliphatic heterocycles. The minimum atomic E-state index is -0.159. The summed E-state index contributed by atoms with van der Waals surface area (Å²) in [5.41, 5.74) is 5.55. The second-order valence-electron chi connectivity index (χ2n) is 8.14. The van der Waals surface area contributed by atoms with Gasteiger partial charge in [0.15, 0.2) is 0 Å². The Hall–Kier alpha value is -4.44. The van der Waals surface area contributed by atoms with Crippen LogP contribution in [0.5, 0.6) is 11.5 Å². The predicted octanol–water partition coefficient (Wildman–Crippen LogP) is 6.50. The number of hydrogen-bond acceptors (Lipinski definition) is 3. The van der Waals surface area contributed by atoms with Crippen molar-refractivity contribution in [2.24, 2.45) is 7.05 Å². The number of para-hydroxylation sites is 2. The van der Waals surface area contributed by atoms with E-state index in [1.54, 1.807) is 13.1 Å². The third-order valence-electron chi connectivity index (χ3n) is 5.72. The van der Waals surface area contributed by atoms with Crippen LogP contribution in [0.3, 0.4) is 0 Å². The predicted molar refractivity (Wildman–Crippen MR) is 136 cm³/mol. The van der Waals surface area contributed by atoms with Gasteiger partial charge < -0.3 is 4.74 Å². The third kappa shape index (κ3) is 4.66. The lowest BCUT2D eigenvalue weighted by Crippen LogP contribution is -2.19. The minimum Gasteiger partial charge on any atom is -0.457 e. The van der Waals surface area contributed by atoms with E-state index in [0.29, 0.717) is 11.4 Å². The summed E-state index contributed by atoms with van der Waals surface area (Å²) < 4.78 is 7.55. The summed E-state index contributed by atoms with van der Waals surface area (Å²) in [6.45, 7) is 0. The van der Waals surface area contributed by atoms with Crippen LogP contribution in [0.25, 0.3) is 22.4 Å². The number of aryl methyl sites for hydroxylation is 1. The number of rotatable bonds is 6. The third-order valence-corrected chi connectivity index (χ3v) is 5.72. The average molecular weight is 445 g/mol. The molecule has 0 spiro atoms. The zero-order valence-electron chi connectivity index (χ0n) is 18.9. The van der Waals surface area contributed by atoms with Crippen molar-refractivity contribution in [3.05, 3.63) is 137 Å². The van der Waals surface area contributed by atoms with E-state index in [9.17, 15) is 4.79 Å². The van der Waals surface area contributed by atoms with Crippen molar-refractivity contribution in [3.63, 3.8) is 0 Å². The van der Waals surface area contributed by atoms with Crippen molar-refractivity contribution in [2.45, 2.75) is 6.42 Å². The summed E-state index contributed by atoms with van der Waals surface area (Å²) in [4.78, 5) is 12.5. The molecule has 4 aromatic carbocycles. The number of aromatic nitrogens is 2. The fourth-order valence-corrected chi connectivity index (χ4v) is 3.96.